The molecule has 0 saturated heterocycles. The van der Waals surface area contributed by atoms with E-state index in [-0.39, 0.29) is 0 Å². The Bertz CT molecular complexity index is 1150. The second-order valence-electron chi connectivity index (χ2n) is 6.97. The van der Waals surface area contributed by atoms with Gasteiger partial charge in [0, 0.05) is 33.3 Å². The third-order valence-corrected chi connectivity index (χ3v) is 5.04. The van der Waals surface area contributed by atoms with Crippen molar-refractivity contribution < 1.29 is 14.3 Å². The van der Waals surface area contributed by atoms with E-state index >= 15 is 0 Å². The first kappa shape index (κ1) is 22.1. The molecule has 2 amide bonds. The minimum atomic E-state index is -0.869. The van der Waals surface area contributed by atoms with Gasteiger partial charge in [-0.1, -0.05) is 17.7 Å². The van der Waals surface area contributed by atoms with Crippen LogP contribution < -0.4 is 15.5 Å². The van der Waals surface area contributed by atoms with E-state index in [1.165, 1.54) is 6.21 Å². The Hall–Kier alpha value is -3.58. The Morgan fingerprint density at radius 2 is 1.74 bits per heavy atom. The molecular weight excluding hydrogens is 416 g/mol. The molecule has 160 valence electrons. The van der Waals surface area contributed by atoms with E-state index in [1.807, 2.05) is 45.0 Å². The van der Waals surface area contributed by atoms with E-state index < -0.39 is 11.8 Å². The molecule has 0 fully saturated rings. The number of nitrogens with zero attached hydrogens (tertiary/aromatic N) is 2. The zero-order chi connectivity index (χ0) is 22.5. The molecule has 2 N–H and O–H groups in total. The van der Waals surface area contributed by atoms with Gasteiger partial charge in [0.2, 0.25) is 0 Å². The number of nitrogens with one attached hydrogen (secondary N) is 2. The zero-order valence-electron chi connectivity index (χ0n) is 17.7. The van der Waals surface area contributed by atoms with Crippen molar-refractivity contribution >= 4 is 35.3 Å². The van der Waals surface area contributed by atoms with E-state index in [2.05, 4.69) is 20.4 Å². The van der Waals surface area contributed by atoms with Gasteiger partial charge in [0.1, 0.15) is 5.75 Å². The third kappa shape index (κ3) is 5.13. The van der Waals surface area contributed by atoms with Crippen LogP contribution in [0.5, 0.6) is 5.75 Å². The molecule has 0 unspecified atom stereocenters. The highest BCUT2D eigenvalue weighted by molar-refractivity contribution is 6.39. The van der Waals surface area contributed by atoms with Crippen LogP contribution in [0.3, 0.4) is 0 Å². The van der Waals surface area contributed by atoms with Crippen molar-refractivity contribution in [1.82, 2.24) is 9.99 Å². The van der Waals surface area contributed by atoms with E-state index in [0.717, 1.165) is 28.2 Å². The lowest BCUT2D eigenvalue weighted by atomic mass is 10.2. The van der Waals surface area contributed by atoms with E-state index in [9.17, 15) is 9.59 Å². The molecule has 7 nitrogen and oxygen atoms in total. The summed E-state index contributed by atoms with van der Waals surface area (Å²) in [6.45, 7) is 5.94. The average Bonchev–Trinajstić information content (AvgIpc) is 3.03. The standard InChI is InChI=1S/C23H23ClN4O3/c1-14-5-6-18(24)12-21(14)28-15(2)11-17(16(28)3)13-25-27-23(30)22(29)26-19-7-9-20(31-4)10-8-19/h5-13H,1-4H3,(H,26,29)(H,27,30)/b25-13+. The van der Waals surface area contributed by atoms with Crippen molar-refractivity contribution in [2.24, 2.45) is 5.10 Å². The van der Waals surface area contributed by atoms with Crippen molar-refractivity contribution in [1.29, 1.82) is 0 Å². The van der Waals surface area contributed by atoms with Gasteiger partial charge in [0.15, 0.2) is 0 Å². The predicted octanol–water partition coefficient (Wildman–Crippen LogP) is 4.15. The number of rotatable bonds is 5. The van der Waals surface area contributed by atoms with Crippen molar-refractivity contribution in [2.75, 3.05) is 12.4 Å². The molecule has 0 spiro atoms. The number of carbonyl (C=O) groups excluding carboxylic acids is 2. The number of aryl methyl sites for hydroxylation is 2. The molecule has 0 atom stereocenters. The van der Waals surface area contributed by atoms with Crippen LogP contribution in [0.4, 0.5) is 5.69 Å². The second-order valence-corrected chi connectivity index (χ2v) is 7.41. The van der Waals surface area contributed by atoms with Crippen LogP contribution in [0.2, 0.25) is 5.02 Å². The normalized spacial score (nSPS) is 10.9. The zero-order valence-corrected chi connectivity index (χ0v) is 18.4. The van der Waals surface area contributed by atoms with Crippen LogP contribution in [-0.2, 0) is 9.59 Å². The first-order chi connectivity index (χ1) is 14.8. The van der Waals surface area contributed by atoms with Gasteiger partial charge < -0.3 is 14.6 Å². The number of aromatic nitrogens is 1. The molecule has 0 aliphatic rings. The maximum absolute atomic E-state index is 12.0. The van der Waals surface area contributed by atoms with Crippen molar-refractivity contribution in [2.45, 2.75) is 20.8 Å². The molecule has 2 aromatic carbocycles. The summed E-state index contributed by atoms with van der Waals surface area (Å²) in [5.41, 5.74) is 7.53. The molecule has 31 heavy (non-hydrogen) atoms. The number of amides is 2. The van der Waals surface area contributed by atoms with Gasteiger partial charge in [-0.05, 0) is 68.8 Å². The highest BCUT2D eigenvalue weighted by atomic mass is 35.5. The van der Waals surface area contributed by atoms with Crippen molar-refractivity contribution in [3.63, 3.8) is 0 Å². The van der Waals surface area contributed by atoms with Crippen LogP contribution in [-0.4, -0.2) is 29.7 Å². The summed E-state index contributed by atoms with van der Waals surface area (Å²) in [7, 11) is 1.55. The number of benzene rings is 2. The minimum Gasteiger partial charge on any atom is -0.497 e. The maximum atomic E-state index is 12.0. The third-order valence-electron chi connectivity index (χ3n) is 4.81. The Morgan fingerprint density at radius 3 is 2.42 bits per heavy atom. The van der Waals surface area contributed by atoms with Crippen molar-refractivity contribution in [3.05, 3.63) is 76.1 Å². The molecule has 1 aromatic heterocycles. The summed E-state index contributed by atoms with van der Waals surface area (Å²) < 4.78 is 7.13. The fraction of sp³-hybridized carbons (Fsp3) is 0.174. The molecular formula is C23H23ClN4O3. The highest BCUT2D eigenvalue weighted by Gasteiger charge is 2.14. The van der Waals surface area contributed by atoms with Crippen molar-refractivity contribution in [3.8, 4) is 11.4 Å². The number of methoxy groups -OCH3 is 1. The largest absolute Gasteiger partial charge is 0.497 e. The van der Waals surface area contributed by atoms with Crippen LogP contribution in [0.25, 0.3) is 5.69 Å². The van der Waals surface area contributed by atoms with Gasteiger partial charge in [-0.25, -0.2) is 5.43 Å². The summed E-state index contributed by atoms with van der Waals surface area (Å²) in [5.74, 6) is -1.04. The fourth-order valence-electron chi connectivity index (χ4n) is 3.19. The number of ether oxygens (including phenoxy) is 1. The van der Waals surface area contributed by atoms with Gasteiger partial charge in [-0.2, -0.15) is 5.10 Å². The monoisotopic (exact) mass is 438 g/mol. The number of hydrogen-bond donors (Lipinski definition) is 2. The smallest absolute Gasteiger partial charge is 0.329 e. The van der Waals surface area contributed by atoms with Crippen LogP contribution in [0.15, 0.2) is 53.6 Å². The van der Waals surface area contributed by atoms with Gasteiger partial charge >= 0.3 is 11.8 Å². The summed E-state index contributed by atoms with van der Waals surface area (Å²) in [4.78, 5) is 24.1. The molecule has 3 aromatic rings. The second kappa shape index (κ2) is 9.49. The Labute approximate surface area is 185 Å². The molecule has 0 saturated carbocycles. The highest BCUT2D eigenvalue weighted by Crippen LogP contribution is 2.25. The van der Waals surface area contributed by atoms with Crippen LogP contribution in [0, 0.1) is 20.8 Å². The molecule has 0 radical (unpaired) electrons. The maximum Gasteiger partial charge on any atom is 0.329 e. The molecule has 1 heterocycles. The summed E-state index contributed by atoms with van der Waals surface area (Å²) in [5, 5.41) is 7.09. The lowest BCUT2D eigenvalue weighted by Gasteiger charge is -2.13. The minimum absolute atomic E-state index is 0.477. The van der Waals surface area contributed by atoms with E-state index in [0.29, 0.717) is 16.5 Å². The number of hydrogen-bond acceptors (Lipinski definition) is 4. The molecule has 0 bridgehead atoms. The molecule has 3 rings (SSSR count). The fourth-order valence-corrected chi connectivity index (χ4v) is 3.35. The quantitative estimate of drug-likeness (QED) is 0.356. The average molecular weight is 439 g/mol. The van der Waals surface area contributed by atoms with Gasteiger partial charge in [-0.3, -0.25) is 9.59 Å². The lowest BCUT2D eigenvalue weighted by molar-refractivity contribution is -0.136. The summed E-state index contributed by atoms with van der Waals surface area (Å²) in [6.07, 6.45) is 1.51. The van der Waals surface area contributed by atoms with Gasteiger partial charge in [-0.15, -0.1) is 0 Å². The Morgan fingerprint density at radius 1 is 1.03 bits per heavy atom. The Kier molecular flexibility index (Phi) is 6.77. The molecule has 0 aliphatic carbocycles. The van der Waals surface area contributed by atoms with Gasteiger partial charge in [0.05, 0.1) is 13.3 Å². The summed E-state index contributed by atoms with van der Waals surface area (Å²) in [6, 6.07) is 14.3. The lowest BCUT2D eigenvalue weighted by Crippen LogP contribution is -2.32. The van der Waals surface area contributed by atoms with Crippen LogP contribution in [0.1, 0.15) is 22.5 Å². The summed E-state index contributed by atoms with van der Waals surface area (Å²) >= 11 is 6.17. The van der Waals surface area contributed by atoms with Gasteiger partial charge in [0.25, 0.3) is 0 Å². The van der Waals surface area contributed by atoms with Crippen LogP contribution >= 0.6 is 11.6 Å². The van der Waals surface area contributed by atoms with E-state index in [1.54, 1.807) is 31.4 Å². The number of halogens is 1. The number of hydrazone groups is 1. The predicted molar refractivity (Wildman–Crippen MR) is 122 cm³/mol. The first-order valence-corrected chi connectivity index (χ1v) is 9.92. The molecule has 0 aliphatic heterocycles. The SMILES string of the molecule is COc1ccc(NC(=O)C(=O)N/N=C/c2cc(C)n(-c3cc(Cl)ccc3C)c2C)cc1. The number of carbonyl (C=O) groups is 2. The first-order valence-electron chi connectivity index (χ1n) is 9.54. The van der Waals surface area contributed by atoms with E-state index in [4.69, 9.17) is 16.3 Å². The Balaban J connectivity index is 1.68. The topological polar surface area (TPSA) is 84.7 Å². The molecule has 8 heteroatoms. The number of anilines is 1.